The van der Waals surface area contributed by atoms with Crippen LogP contribution in [0.25, 0.3) is 0 Å². The van der Waals surface area contributed by atoms with Gasteiger partial charge in [0.15, 0.2) is 11.6 Å². The maximum absolute atomic E-state index is 14.6. The molecule has 4 aliphatic rings. The number of esters is 2. The Labute approximate surface area is 543 Å². The smallest absolute Gasteiger partial charge is 0.331 e. The van der Waals surface area contributed by atoms with Crippen LogP contribution in [0.2, 0.25) is 0 Å². The number of benzene rings is 2. The van der Waals surface area contributed by atoms with Crippen molar-refractivity contribution in [2.75, 3.05) is 102 Å². The van der Waals surface area contributed by atoms with Crippen LogP contribution in [-0.4, -0.2) is 225 Å². The molecule has 0 bridgehead atoms. The molecule has 0 radical (unpaired) electrons. The van der Waals surface area contributed by atoms with Gasteiger partial charge in [0, 0.05) is 151 Å². The van der Waals surface area contributed by atoms with Gasteiger partial charge in [-0.1, -0.05) is 27.7 Å². The molecule has 2 aromatic carbocycles. The average Bonchev–Trinajstić information content (AvgIpc) is 1.56. The topological polar surface area (TPSA) is 208 Å². The Morgan fingerprint density at radius 1 is 0.554 bits per heavy atom. The molecule has 0 aliphatic carbocycles. The Kier molecular flexibility index (Phi) is 23.7. The largest absolute Gasteiger partial charge is 0.458 e. The Bertz CT molecular complexity index is 2990. The van der Waals surface area contributed by atoms with E-state index in [1.54, 1.807) is 9.80 Å². The minimum atomic E-state index is -0.613. The summed E-state index contributed by atoms with van der Waals surface area (Å²) in [6.07, 6.45) is 7.15. The van der Waals surface area contributed by atoms with E-state index >= 15 is 0 Å². The zero-order chi connectivity index (χ0) is 66.9. The number of ether oxygens (including phenoxy) is 4. The standard InChI is InChI=1S/C68H100F2N14O8/c1-17-83(47(11)12)65(87)53-29-49(69)19-21-57(53)91-63-61(71-41-73-75-63)79-27-25-67(35-79)37-81(38-67)55(43(3)4)31-51(33-77(15)45(7)8)89-59(85)23-24-60(86)90-52(34-78(16)46(9)10)32-56(44(5)6)82-39-68(40-82)26-28-80(36-68)62-64(76-74-42-72-62)92-58-22-20-50(70)30-54(58)66(88)84(18-2)48(13)14/h19-24,29-30,41-48,51-52,55-56H,17-18,25-28,31-40H2,1-16H3/b24-23+/t51-,52-,55+,56+/m1/s1. The molecule has 2 amide bonds. The number of rotatable bonds is 30. The lowest BCUT2D eigenvalue weighted by atomic mass is 9.76. The van der Waals surface area contributed by atoms with E-state index < -0.39 is 35.8 Å². The number of hydrogen-bond acceptors (Lipinski definition) is 20. The maximum Gasteiger partial charge on any atom is 0.331 e. The van der Waals surface area contributed by atoms with Crippen LogP contribution >= 0.6 is 0 Å². The fourth-order valence-corrected chi connectivity index (χ4v) is 13.6. The van der Waals surface area contributed by atoms with Crippen LogP contribution in [0.5, 0.6) is 23.3 Å². The van der Waals surface area contributed by atoms with E-state index in [0.717, 1.165) is 39.0 Å². The molecule has 0 N–H and O–H groups in total. The van der Waals surface area contributed by atoms with Gasteiger partial charge in [-0.3, -0.25) is 19.4 Å². The summed E-state index contributed by atoms with van der Waals surface area (Å²) >= 11 is 0. The zero-order valence-electron chi connectivity index (χ0n) is 57.1. The molecular formula is C68H100F2N14O8. The minimum absolute atomic E-state index is 0.0457. The third kappa shape index (κ3) is 17.2. The predicted octanol–water partition coefficient (Wildman–Crippen LogP) is 9.27. The molecule has 24 heteroatoms. The Hall–Kier alpha value is -7.02. The summed E-state index contributed by atoms with van der Waals surface area (Å²) in [5.74, 6) is -0.977. The fourth-order valence-electron chi connectivity index (χ4n) is 13.6. The molecule has 4 aromatic rings. The lowest BCUT2D eigenvalue weighted by Crippen LogP contribution is -2.62. The number of likely N-dealkylation sites (N-methyl/N-ethyl adjacent to an activating group) is 2. The number of carbonyl (C=O) groups excluding carboxylic acids is 4. The van der Waals surface area contributed by atoms with Crippen molar-refractivity contribution in [2.45, 2.75) is 171 Å². The van der Waals surface area contributed by atoms with Crippen LogP contribution in [0.15, 0.2) is 61.2 Å². The third-order valence-electron chi connectivity index (χ3n) is 19.1. The maximum atomic E-state index is 14.6. The first-order chi connectivity index (χ1) is 43.6. The second-order valence-corrected chi connectivity index (χ2v) is 27.8. The summed E-state index contributed by atoms with van der Waals surface area (Å²) in [4.78, 5) is 81.2. The van der Waals surface area contributed by atoms with Crippen molar-refractivity contribution in [1.29, 1.82) is 0 Å². The second kappa shape index (κ2) is 30.8. The molecule has 2 spiro atoms. The lowest BCUT2D eigenvalue weighted by Gasteiger charge is -2.53. The van der Waals surface area contributed by atoms with Crippen molar-refractivity contribution in [1.82, 2.24) is 59.8 Å². The number of likely N-dealkylation sites (tertiary alicyclic amines) is 2. The third-order valence-corrected chi connectivity index (χ3v) is 19.1. The van der Waals surface area contributed by atoms with Crippen molar-refractivity contribution in [2.24, 2.45) is 22.7 Å². The Morgan fingerprint density at radius 2 is 0.924 bits per heavy atom. The zero-order valence-corrected chi connectivity index (χ0v) is 57.1. The highest BCUT2D eigenvalue weighted by Crippen LogP contribution is 2.47. The van der Waals surface area contributed by atoms with Gasteiger partial charge in [-0.15, -0.1) is 20.4 Å². The highest BCUT2D eigenvalue weighted by atomic mass is 19.1. The number of aromatic nitrogens is 6. The van der Waals surface area contributed by atoms with E-state index in [2.05, 4.69) is 115 Å². The van der Waals surface area contributed by atoms with Crippen LogP contribution < -0.4 is 19.3 Å². The molecule has 4 fully saturated rings. The normalized spacial score (nSPS) is 17.8. The van der Waals surface area contributed by atoms with Crippen molar-refractivity contribution >= 4 is 35.4 Å². The van der Waals surface area contributed by atoms with E-state index in [4.69, 9.17) is 18.9 Å². The number of hydrogen-bond donors (Lipinski definition) is 0. The van der Waals surface area contributed by atoms with Crippen LogP contribution in [0.4, 0.5) is 20.4 Å². The summed E-state index contributed by atoms with van der Waals surface area (Å²) in [6.45, 7) is 36.5. The molecule has 4 aliphatic heterocycles. The van der Waals surface area contributed by atoms with E-state index in [1.807, 2.05) is 55.6 Å². The van der Waals surface area contributed by atoms with Crippen LogP contribution in [0, 0.1) is 34.3 Å². The van der Waals surface area contributed by atoms with Gasteiger partial charge in [0.1, 0.15) is 48.0 Å². The fraction of sp³-hybridized carbons (Fsp3) is 0.647. The van der Waals surface area contributed by atoms with Crippen molar-refractivity contribution in [3.63, 3.8) is 0 Å². The molecule has 6 heterocycles. The molecule has 22 nitrogen and oxygen atoms in total. The first-order valence-corrected chi connectivity index (χ1v) is 33.0. The van der Waals surface area contributed by atoms with E-state index in [1.165, 1.54) is 61.2 Å². The van der Waals surface area contributed by atoms with Crippen LogP contribution in [-0.2, 0) is 19.1 Å². The monoisotopic (exact) mass is 1280 g/mol. The number of halogens is 2. The summed E-state index contributed by atoms with van der Waals surface area (Å²) < 4.78 is 54.4. The summed E-state index contributed by atoms with van der Waals surface area (Å²) in [6, 6.07) is 8.10. The summed E-state index contributed by atoms with van der Waals surface area (Å²) in [5, 5.41) is 16.6. The number of anilines is 2. The van der Waals surface area contributed by atoms with E-state index in [-0.39, 0.29) is 105 Å². The number of carbonyl (C=O) groups is 4. The molecular weight excluding hydrogens is 1180 g/mol. The quantitative estimate of drug-likeness (QED) is 0.0352. The van der Waals surface area contributed by atoms with Gasteiger partial charge in [-0.2, -0.15) is 0 Å². The number of nitrogens with zero attached hydrogens (tertiary/aromatic N) is 14. The van der Waals surface area contributed by atoms with E-state index in [9.17, 15) is 28.0 Å². The second-order valence-electron chi connectivity index (χ2n) is 27.8. The summed E-state index contributed by atoms with van der Waals surface area (Å²) in [5.41, 5.74) is 0.0930. The predicted molar refractivity (Wildman–Crippen MR) is 349 cm³/mol. The first kappa shape index (κ1) is 70.8. The SMILES string of the molecule is CCN(C(=O)c1cc(F)ccc1Oc1nncnc1N1CCC2(C1)CN([C@@H](C[C@H](CN(C)C(C)C)OC(=O)/C=C/C(=O)O[C@H](C[C@@H](C(C)C)N1CC3(CCN(c4ncnnc4Oc4ccc(F)cc4C(=O)N(CC)C(C)C)C3)C1)CN(C)C(C)C)C(C)C)C2)C(C)C. The van der Waals surface area contributed by atoms with Gasteiger partial charge in [-0.25, -0.2) is 28.3 Å². The molecule has 4 atom stereocenters. The first-order valence-electron chi connectivity index (χ1n) is 33.0. The van der Waals surface area contributed by atoms with E-state index in [0.29, 0.717) is 76.8 Å². The summed E-state index contributed by atoms with van der Waals surface area (Å²) in [7, 11) is 4.04. The van der Waals surface area contributed by atoms with Gasteiger partial charge in [-0.05, 0) is 144 Å². The highest BCUT2D eigenvalue weighted by Gasteiger charge is 2.52. The molecule has 0 saturated carbocycles. The molecule has 504 valence electrons. The van der Waals surface area contributed by atoms with Gasteiger partial charge in [0.25, 0.3) is 23.6 Å². The average molecular weight is 1280 g/mol. The van der Waals surface area contributed by atoms with Gasteiger partial charge >= 0.3 is 11.9 Å². The van der Waals surface area contributed by atoms with Crippen molar-refractivity contribution in [3.05, 3.63) is 84.0 Å². The molecule has 2 aromatic heterocycles. The van der Waals surface area contributed by atoms with Gasteiger partial charge in [0.05, 0.1) is 11.1 Å². The Balaban J connectivity index is 0.878. The van der Waals surface area contributed by atoms with Crippen molar-refractivity contribution in [3.8, 4) is 23.3 Å². The minimum Gasteiger partial charge on any atom is -0.458 e. The van der Waals surface area contributed by atoms with Crippen LogP contribution in [0.1, 0.15) is 143 Å². The molecule has 4 saturated heterocycles. The highest BCUT2D eigenvalue weighted by molar-refractivity contribution is 5.98. The molecule has 8 rings (SSSR count). The molecule has 0 unspecified atom stereocenters. The lowest BCUT2D eigenvalue weighted by molar-refractivity contribution is -0.149. The van der Waals surface area contributed by atoms with Gasteiger partial charge in [0.2, 0.25) is 0 Å². The number of amides is 2. The Morgan fingerprint density at radius 3 is 1.25 bits per heavy atom. The van der Waals surface area contributed by atoms with Gasteiger partial charge < -0.3 is 48.3 Å². The van der Waals surface area contributed by atoms with Crippen LogP contribution in [0.3, 0.4) is 0 Å². The molecule has 92 heavy (non-hydrogen) atoms. The van der Waals surface area contributed by atoms with Crippen molar-refractivity contribution < 1.29 is 46.9 Å².